The van der Waals surface area contributed by atoms with E-state index in [9.17, 15) is 0 Å². The number of methoxy groups -OCH3 is 1. The Kier molecular flexibility index (Phi) is 2.00. The normalized spacial score (nSPS) is 10.8. The summed E-state index contributed by atoms with van der Waals surface area (Å²) in [5.74, 6) is 0.877. The van der Waals surface area contributed by atoms with E-state index in [0.29, 0.717) is 0 Å². The standard InChI is InChI=1S/C14H11NO/c1-16-13-8-4-7-12-14(13)11-6-3-2-5-10(11)9-15-12/h2-9H,1H3. The topological polar surface area (TPSA) is 22.1 Å². The minimum Gasteiger partial charge on any atom is -0.496 e. The number of hydrogen-bond donors (Lipinski definition) is 0. The Hall–Kier alpha value is -2.09. The van der Waals surface area contributed by atoms with Crippen molar-refractivity contribution in [2.24, 2.45) is 0 Å². The molecule has 0 amide bonds. The van der Waals surface area contributed by atoms with Gasteiger partial charge in [0.15, 0.2) is 0 Å². The van der Waals surface area contributed by atoms with Crippen LogP contribution in [0.5, 0.6) is 5.75 Å². The lowest BCUT2D eigenvalue weighted by atomic mass is 10.1. The van der Waals surface area contributed by atoms with E-state index in [1.807, 2.05) is 36.5 Å². The summed E-state index contributed by atoms with van der Waals surface area (Å²) in [7, 11) is 1.69. The Morgan fingerprint density at radius 2 is 1.88 bits per heavy atom. The van der Waals surface area contributed by atoms with Gasteiger partial charge in [0.25, 0.3) is 0 Å². The van der Waals surface area contributed by atoms with Crippen LogP contribution >= 0.6 is 0 Å². The van der Waals surface area contributed by atoms with Crippen LogP contribution < -0.4 is 4.74 Å². The van der Waals surface area contributed by atoms with Crippen molar-refractivity contribution in [1.82, 2.24) is 4.98 Å². The summed E-state index contributed by atoms with van der Waals surface area (Å²) in [5.41, 5.74) is 0.970. The van der Waals surface area contributed by atoms with Gasteiger partial charge in [0.05, 0.1) is 18.0 Å². The molecular formula is C14H11NO. The molecule has 3 rings (SSSR count). The van der Waals surface area contributed by atoms with Crippen molar-refractivity contribution < 1.29 is 4.74 Å². The fourth-order valence-electron chi connectivity index (χ4n) is 2.04. The SMILES string of the molecule is COc1cccc2ncc3ccccc3c12. The molecule has 0 spiro atoms. The Morgan fingerprint density at radius 1 is 1.00 bits per heavy atom. The molecule has 1 heterocycles. The van der Waals surface area contributed by atoms with E-state index in [1.165, 1.54) is 5.39 Å². The van der Waals surface area contributed by atoms with Crippen LogP contribution in [0, 0.1) is 0 Å². The molecule has 0 aliphatic rings. The first kappa shape index (κ1) is 9.16. The minimum absolute atomic E-state index is 0.877. The molecule has 2 aromatic carbocycles. The number of rotatable bonds is 1. The van der Waals surface area contributed by atoms with E-state index < -0.39 is 0 Å². The smallest absolute Gasteiger partial charge is 0.128 e. The fourth-order valence-corrected chi connectivity index (χ4v) is 2.04. The maximum Gasteiger partial charge on any atom is 0.128 e. The van der Waals surface area contributed by atoms with Crippen molar-refractivity contribution >= 4 is 21.7 Å². The number of nitrogens with zero attached hydrogens (tertiary/aromatic N) is 1. The van der Waals surface area contributed by atoms with Crippen molar-refractivity contribution in [3.05, 3.63) is 48.7 Å². The molecule has 0 saturated carbocycles. The average Bonchev–Trinajstić information content (AvgIpc) is 2.37. The number of fused-ring (bicyclic) bond motifs is 3. The summed E-state index contributed by atoms with van der Waals surface area (Å²) >= 11 is 0. The summed E-state index contributed by atoms with van der Waals surface area (Å²) in [5, 5.41) is 3.41. The first-order chi connectivity index (χ1) is 7.90. The number of hydrogen-bond acceptors (Lipinski definition) is 2. The lowest BCUT2D eigenvalue weighted by Gasteiger charge is -2.07. The van der Waals surface area contributed by atoms with Crippen molar-refractivity contribution in [3.63, 3.8) is 0 Å². The van der Waals surface area contributed by atoms with Gasteiger partial charge in [-0.05, 0) is 17.5 Å². The van der Waals surface area contributed by atoms with Gasteiger partial charge in [-0.1, -0.05) is 30.3 Å². The van der Waals surface area contributed by atoms with E-state index in [1.54, 1.807) is 7.11 Å². The van der Waals surface area contributed by atoms with Gasteiger partial charge in [-0.2, -0.15) is 0 Å². The van der Waals surface area contributed by atoms with Gasteiger partial charge < -0.3 is 4.74 Å². The van der Waals surface area contributed by atoms with Gasteiger partial charge in [0, 0.05) is 11.6 Å². The van der Waals surface area contributed by atoms with Crippen molar-refractivity contribution in [2.45, 2.75) is 0 Å². The van der Waals surface area contributed by atoms with E-state index in [4.69, 9.17) is 4.74 Å². The molecule has 0 fully saturated rings. The largest absolute Gasteiger partial charge is 0.496 e. The van der Waals surface area contributed by atoms with Crippen LogP contribution in [0.25, 0.3) is 21.7 Å². The van der Waals surface area contributed by atoms with Crippen LogP contribution in [0.1, 0.15) is 0 Å². The molecular weight excluding hydrogens is 198 g/mol. The predicted molar refractivity (Wildman–Crippen MR) is 65.8 cm³/mol. The average molecular weight is 209 g/mol. The number of pyridine rings is 1. The number of benzene rings is 2. The molecule has 1 aromatic heterocycles. The molecule has 0 aliphatic carbocycles. The third kappa shape index (κ3) is 1.23. The van der Waals surface area contributed by atoms with E-state index >= 15 is 0 Å². The second-order valence-corrected chi connectivity index (χ2v) is 3.70. The summed E-state index contributed by atoms with van der Waals surface area (Å²) in [6, 6.07) is 14.2. The van der Waals surface area contributed by atoms with Crippen LogP contribution in [0.3, 0.4) is 0 Å². The summed E-state index contributed by atoms with van der Waals surface area (Å²) < 4.78 is 5.40. The van der Waals surface area contributed by atoms with Gasteiger partial charge in [0.1, 0.15) is 5.75 Å². The maximum absolute atomic E-state index is 5.40. The van der Waals surface area contributed by atoms with Crippen molar-refractivity contribution in [2.75, 3.05) is 7.11 Å². The van der Waals surface area contributed by atoms with Gasteiger partial charge in [-0.15, -0.1) is 0 Å². The molecule has 2 nitrogen and oxygen atoms in total. The lowest BCUT2D eigenvalue weighted by molar-refractivity contribution is 0.420. The van der Waals surface area contributed by atoms with Crippen LogP contribution in [-0.2, 0) is 0 Å². The zero-order chi connectivity index (χ0) is 11.0. The van der Waals surface area contributed by atoms with Gasteiger partial charge in [0.2, 0.25) is 0 Å². The summed E-state index contributed by atoms with van der Waals surface area (Å²) in [6.07, 6.45) is 1.90. The van der Waals surface area contributed by atoms with Crippen molar-refractivity contribution in [1.29, 1.82) is 0 Å². The minimum atomic E-state index is 0.877. The first-order valence-electron chi connectivity index (χ1n) is 5.20. The van der Waals surface area contributed by atoms with Crippen LogP contribution in [0.15, 0.2) is 48.7 Å². The van der Waals surface area contributed by atoms with Gasteiger partial charge >= 0.3 is 0 Å². The van der Waals surface area contributed by atoms with E-state index in [-0.39, 0.29) is 0 Å². The summed E-state index contributed by atoms with van der Waals surface area (Å²) in [6.45, 7) is 0. The lowest BCUT2D eigenvalue weighted by Crippen LogP contribution is -1.87. The monoisotopic (exact) mass is 209 g/mol. The highest BCUT2D eigenvalue weighted by Gasteiger charge is 2.05. The molecule has 0 bridgehead atoms. The Morgan fingerprint density at radius 3 is 2.75 bits per heavy atom. The Bertz CT molecular complexity index is 661. The molecule has 0 unspecified atom stereocenters. The fraction of sp³-hybridized carbons (Fsp3) is 0.0714. The second kappa shape index (κ2) is 3.49. The van der Waals surface area contributed by atoms with Crippen molar-refractivity contribution in [3.8, 4) is 5.75 Å². The van der Waals surface area contributed by atoms with Crippen LogP contribution in [0.2, 0.25) is 0 Å². The molecule has 0 radical (unpaired) electrons. The summed E-state index contributed by atoms with van der Waals surface area (Å²) in [4.78, 5) is 4.44. The Balaban J connectivity index is 2.57. The molecule has 78 valence electrons. The molecule has 0 saturated heterocycles. The number of aromatic nitrogens is 1. The third-order valence-corrected chi connectivity index (χ3v) is 2.80. The molecule has 16 heavy (non-hydrogen) atoms. The zero-order valence-corrected chi connectivity index (χ0v) is 8.97. The van der Waals surface area contributed by atoms with Crippen LogP contribution in [-0.4, -0.2) is 12.1 Å². The molecule has 0 atom stereocenters. The highest BCUT2D eigenvalue weighted by Crippen LogP contribution is 2.30. The Labute approximate surface area is 93.5 Å². The maximum atomic E-state index is 5.40. The van der Waals surface area contributed by atoms with E-state index in [2.05, 4.69) is 17.1 Å². The number of ether oxygens (including phenoxy) is 1. The zero-order valence-electron chi connectivity index (χ0n) is 8.97. The van der Waals surface area contributed by atoms with Gasteiger partial charge in [-0.3, -0.25) is 4.98 Å². The second-order valence-electron chi connectivity index (χ2n) is 3.70. The first-order valence-corrected chi connectivity index (χ1v) is 5.20. The quantitative estimate of drug-likeness (QED) is 0.573. The molecule has 0 N–H and O–H groups in total. The highest BCUT2D eigenvalue weighted by molar-refractivity contribution is 6.08. The van der Waals surface area contributed by atoms with Crippen LogP contribution in [0.4, 0.5) is 0 Å². The van der Waals surface area contributed by atoms with E-state index in [0.717, 1.165) is 22.0 Å². The third-order valence-electron chi connectivity index (χ3n) is 2.80. The highest BCUT2D eigenvalue weighted by atomic mass is 16.5. The molecule has 3 aromatic rings. The predicted octanol–water partition coefficient (Wildman–Crippen LogP) is 3.40. The van der Waals surface area contributed by atoms with Gasteiger partial charge in [-0.25, -0.2) is 0 Å². The molecule has 2 heteroatoms. The molecule has 0 aliphatic heterocycles.